The smallest absolute Gasteiger partial charge is 0.0120 e. The third-order valence-corrected chi connectivity index (χ3v) is 3.52. The molecule has 0 aromatic rings. The molecule has 0 aromatic carbocycles. The zero-order valence-electron chi connectivity index (χ0n) is 9.55. The average molecular weight is 199 g/mol. The van der Waals surface area contributed by atoms with Crippen molar-refractivity contribution >= 4 is 0 Å². The molecule has 1 saturated heterocycles. The van der Waals surface area contributed by atoms with Gasteiger partial charge in [0.15, 0.2) is 0 Å². The Morgan fingerprint density at radius 2 is 1.50 bits per heavy atom. The first-order valence-corrected chi connectivity index (χ1v) is 6.08. The lowest BCUT2D eigenvalue weighted by Gasteiger charge is -2.42. The zero-order valence-corrected chi connectivity index (χ0v) is 9.55. The summed E-state index contributed by atoms with van der Waals surface area (Å²) in [5, 5.41) is 0. The Morgan fingerprint density at radius 3 is 2.14 bits per heavy atom. The predicted octanol–water partition coefficient (Wildman–Crippen LogP) is 3.93. The largest absolute Gasteiger partial charge is 0.303 e. The predicted molar refractivity (Wildman–Crippen MR) is 65.7 cm³/mol. The van der Waals surface area contributed by atoms with Crippen LogP contribution < -0.4 is 0 Å². The van der Waals surface area contributed by atoms with Crippen LogP contribution in [0.3, 0.4) is 0 Å². The van der Waals surface area contributed by atoms with Gasteiger partial charge in [0, 0.05) is 6.04 Å². The fourth-order valence-electron chi connectivity index (χ4n) is 2.87. The van der Waals surface area contributed by atoms with Gasteiger partial charge in [-0.2, -0.15) is 0 Å². The standard InChI is InChI=1S/C10H19N.C2H6.CH4/c1-11-8-4-6-9-5-2-3-7-10(9)11;1-2;/h9-10H,2-8H2,1H3;1-2H3;1H4. The molecule has 1 saturated carbocycles. The number of fused-ring (bicyclic) bond motifs is 1. The highest BCUT2D eigenvalue weighted by Gasteiger charge is 2.30. The molecule has 1 aliphatic heterocycles. The number of piperidine rings is 1. The van der Waals surface area contributed by atoms with E-state index in [1.54, 1.807) is 0 Å². The van der Waals surface area contributed by atoms with Crippen LogP contribution in [0.25, 0.3) is 0 Å². The van der Waals surface area contributed by atoms with Gasteiger partial charge < -0.3 is 4.90 Å². The lowest BCUT2D eigenvalue weighted by molar-refractivity contribution is 0.0841. The summed E-state index contributed by atoms with van der Waals surface area (Å²) in [7, 11) is 2.31. The topological polar surface area (TPSA) is 3.24 Å². The molecule has 0 aromatic heterocycles. The van der Waals surface area contributed by atoms with Gasteiger partial charge in [0.1, 0.15) is 0 Å². The van der Waals surface area contributed by atoms with Gasteiger partial charge in [-0.3, -0.25) is 0 Å². The van der Waals surface area contributed by atoms with Gasteiger partial charge >= 0.3 is 0 Å². The van der Waals surface area contributed by atoms with Crippen LogP contribution in [0.4, 0.5) is 0 Å². The fraction of sp³-hybridized carbons (Fsp3) is 1.00. The third-order valence-electron chi connectivity index (χ3n) is 3.52. The van der Waals surface area contributed by atoms with Crippen LogP contribution in [0, 0.1) is 5.92 Å². The molecular formula is C13H29N. The van der Waals surface area contributed by atoms with Gasteiger partial charge in [-0.15, -0.1) is 0 Å². The number of hydrogen-bond donors (Lipinski definition) is 0. The highest BCUT2D eigenvalue weighted by Crippen LogP contribution is 2.34. The van der Waals surface area contributed by atoms with Gasteiger partial charge in [0.05, 0.1) is 0 Å². The molecule has 1 nitrogen and oxygen atoms in total. The normalized spacial score (nSPS) is 31.9. The Balaban J connectivity index is 0.000000531. The molecule has 2 unspecified atom stereocenters. The van der Waals surface area contributed by atoms with E-state index in [0.29, 0.717) is 0 Å². The maximum atomic E-state index is 2.59. The number of nitrogens with zero attached hydrogens (tertiary/aromatic N) is 1. The second-order valence-corrected chi connectivity index (χ2v) is 4.23. The first kappa shape index (κ1) is 14.0. The Bertz CT molecular complexity index is 131. The van der Waals surface area contributed by atoms with Crippen molar-refractivity contribution in [3.05, 3.63) is 0 Å². The van der Waals surface area contributed by atoms with E-state index in [1.807, 2.05) is 13.8 Å². The summed E-state index contributed by atoms with van der Waals surface area (Å²) in [6.45, 7) is 5.35. The van der Waals surface area contributed by atoms with E-state index in [0.717, 1.165) is 12.0 Å². The molecular weight excluding hydrogens is 170 g/mol. The van der Waals surface area contributed by atoms with E-state index in [9.17, 15) is 0 Å². The summed E-state index contributed by atoms with van der Waals surface area (Å²) in [5.41, 5.74) is 0. The Hall–Kier alpha value is -0.0400. The van der Waals surface area contributed by atoms with Crippen LogP contribution in [0.1, 0.15) is 59.8 Å². The molecule has 1 aliphatic carbocycles. The van der Waals surface area contributed by atoms with Crippen LogP contribution >= 0.6 is 0 Å². The van der Waals surface area contributed by atoms with E-state index in [4.69, 9.17) is 0 Å². The fourth-order valence-corrected chi connectivity index (χ4v) is 2.87. The van der Waals surface area contributed by atoms with Crippen LogP contribution in [-0.4, -0.2) is 24.5 Å². The minimum atomic E-state index is 0. The first-order chi connectivity index (χ1) is 6.38. The quantitative estimate of drug-likeness (QED) is 0.571. The summed E-state index contributed by atoms with van der Waals surface area (Å²) in [6, 6.07) is 0.956. The van der Waals surface area contributed by atoms with E-state index in [-0.39, 0.29) is 7.43 Å². The maximum absolute atomic E-state index is 2.59. The Morgan fingerprint density at radius 1 is 0.929 bits per heavy atom. The summed E-state index contributed by atoms with van der Waals surface area (Å²) >= 11 is 0. The SMILES string of the molecule is C.CC.CN1CCCC2CCCCC21. The van der Waals surface area contributed by atoms with Gasteiger partial charge in [-0.05, 0) is 45.2 Å². The minimum Gasteiger partial charge on any atom is -0.303 e. The first-order valence-electron chi connectivity index (χ1n) is 6.08. The molecule has 2 fully saturated rings. The maximum Gasteiger partial charge on any atom is 0.0120 e. The van der Waals surface area contributed by atoms with Crippen molar-refractivity contribution in [3.8, 4) is 0 Å². The lowest BCUT2D eigenvalue weighted by Crippen LogP contribution is -2.44. The number of rotatable bonds is 0. The highest BCUT2D eigenvalue weighted by molar-refractivity contribution is 4.85. The highest BCUT2D eigenvalue weighted by atomic mass is 15.1. The number of hydrogen-bond acceptors (Lipinski definition) is 1. The monoisotopic (exact) mass is 199 g/mol. The van der Waals surface area contributed by atoms with Crippen molar-refractivity contribution in [1.82, 2.24) is 4.90 Å². The van der Waals surface area contributed by atoms with Crippen LogP contribution in [-0.2, 0) is 0 Å². The van der Waals surface area contributed by atoms with Gasteiger partial charge in [0.2, 0.25) is 0 Å². The van der Waals surface area contributed by atoms with Crippen molar-refractivity contribution in [2.45, 2.75) is 65.8 Å². The molecule has 0 N–H and O–H groups in total. The van der Waals surface area contributed by atoms with Crippen LogP contribution in [0.15, 0.2) is 0 Å². The van der Waals surface area contributed by atoms with Gasteiger partial charge in [-0.25, -0.2) is 0 Å². The van der Waals surface area contributed by atoms with E-state index in [1.165, 1.54) is 45.1 Å². The molecule has 2 atom stereocenters. The molecule has 0 spiro atoms. The lowest BCUT2D eigenvalue weighted by atomic mass is 9.79. The van der Waals surface area contributed by atoms with Gasteiger partial charge in [-0.1, -0.05) is 34.1 Å². The Labute approximate surface area is 90.9 Å². The van der Waals surface area contributed by atoms with Crippen molar-refractivity contribution in [2.75, 3.05) is 13.6 Å². The summed E-state index contributed by atoms with van der Waals surface area (Å²) in [5.74, 6) is 1.06. The third kappa shape index (κ3) is 3.27. The summed E-state index contributed by atoms with van der Waals surface area (Å²) < 4.78 is 0. The van der Waals surface area contributed by atoms with Crippen LogP contribution in [0.2, 0.25) is 0 Å². The molecule has 0 bridgehead atoms. The van der Waals surface area contributed by atoms with E-state index >= 15 is 0 Å². The van der Waals surface area contributed by atoms with Crippen LogP contribution in [0.5, 0.6) is 0 Å². The second-order valence-electron chi connectivity index (χ2n) is 4.23. The molecule has 1 heteroatoms. The second kappa shape index (κ2) is 7.28. The van der Waals surface area contributed by atoms with Crippen molar-refractivity contribution < 1.29 is 0 Å². The molecule has 14 heavy (non-hydrogen) atoms. The summed E-state index contributed by atoms with van der Waals surface area (Å²) in [4.78, 5) is 2.59. The van der Waals surface area contributed by atoms with E-state index < -0.39 is 0 Å². The molecule has 0 radical (unpaired) electrons. The van der Waals surface area contributed by atoms with Crippen molar-refractivity contribution in [3.63, 3.8) is 0 Å². The molecule has 0 amide bonds. The molecule has 2 rings (SSSR count). The zero-order chi connectivity index (χ0) is 9.68. The average Bonchev–Trinajstić information content (AvgIpc) is 2.22. The minimum absolute atomic E-state index is 0. The van der Waals surface area contributed by atoms with Crippen molar-refractivity contribution in [2.24, 2.45) is 5.92 Å². The van der Waals surface area contributed by atoms with E-state index in [2.05, 4.69) is 11.9 Å². The van der Waals surface area contributed by atoms with Crippen molar-refractivity contribution in [1.29, 1.82) is 0 Å². The number of likely N-dealkylation sites (tertiary alicyclic amines) is 1. The Kier molecular flexibility index (Phi) is 7.26. The van der Waals surface area contributed by atoms with Gasteiger partial charge in [0.25, 0.3) is 0 Å². The molecule has 2 aliphatic rings. The molecule has 86 valence electrons. The summed E-state index contributed by atoms with van der Waals surface area (Å²) in [6.07, 6.45) is 8.91. The molecule has 1 heterocycles.